The zero-order valence-corrected chi connectivity index (χ0v) is 19.3. The lowest BCUT2D eigenvalue weighted by atomic mass is 9.69. The highest BCUT2D eigenvalue weighted by Crippen LogP contribution is 2.61. The first-order valence-corrected chi connectivity index (χ1v) is 11.8. The Labute approximate surface area is 191 Å². The number of benzene rings is 2. The highest BCUT2D eigenvalue weighted by molar-refractivity contribution is 5.75. The minimum Gasteiger partial charge on any atom is -0.460 e. The summed E-state index contributed by atoms with van der Waals surface area (Å²) < 4.78 is 12.5. The summed E-state index contributed by atoms with van der Waals surface area (Å²) in [6.45, 7) is 7.25. The van der Waals surface area contributed by atoms with Crippen LogP contribution in [0.2, 0.25) is 0 Å². The third-order valence-electron chi connectivity index (χ3n) is 7.36. The van der Waals surface area contributed by atoms with Gasteiger partial charge in [-0.3, -0.25) is 9.69 Å². The quantitative estimate of drug-likeness (QED) is 0.491. The Morgan fingerprint density at radius 2 is 1.78 bits per heavy atom. The monoisotopic (exact) mass is 431 g/mol. The van der Waals surface area contributed by atoms with Crippen molar-refractivity contribution in [1.82, 2.24) is 4.90 Å². The van der Waals surface area contributed by atoms with Gasteiger partial charge in [0.15, 0.2) is 0 Å². The van der Waals surface area contributed by atoms with Crippen LogP contribution in [-0.4, -0.2) is 34.7 Å². The maximum absolute atomic E-state index is 13.5. The maximum Gasteiger partial charge on any atom is 0.311 e. The van der Waals surface area contributed by atoms with Crippen molar-refractivity contribution in [3.63, 3.8) is 0 Å². The molecule has 32 heavy (non-hydrogen) atoms. The van der Waals surface area contributed by atoms with E-state index in [4.69, 9.17) is 9.47 Å². The molecular formula is C28H33NO3. The number of carbonyl (C=O) groups excluding carboxylic acids is 1. The highest BCUT2D eigenvalue weighted by atomic mass is 16.6. The number of ether oxygens (including phenoxy) is 2. The van der Waals surface area contributed by atoms with E-state index >= 15 is 0 Å². The second-order valence-electron chi connectivity index (χ2n) is 10.4. The number of piperidine rings is 1. The van der Waals surface area contributed by atoms with Gasteiger partial charge in [0, 0.05) is 12.6 Å². The molecule has 168 valence electrons. The third-order valence-corrected chi connectivity index (χ3v) is 7.36. The molecule has 0 amide bonds. The minimum absolute atomic E-state index is 0.0857. The Hall–Kier alpha value is -2.43. The maximum atomic E-state index is 13.5. The molecule has 2 fully saturated rings. The SMILES string of the molecule is CC(C)(C)OC(=O)C1CC2(c3ccccc3)N(Cc3ccccc3)C1CCC21C=CCO1. The van der Waals surface area contributed by atoms with Crippen LogP contribution in [0.3, 0.4) is 0 Å². The highest BCUT2D eigenvalue weighted by Gasteiger charge is 2.68. The third kappa shape index (κ3) is 3.41. The molecule has 5 rings (SSSR count). The number of fused-ring (bicyclic) bond motifs is 3. The molecule has 2 saturated heterocycles. The molecule has 0 aliphatic carbocycles. The minimum atomic E-state index is -0.501. The Balaban J connectivity index is 1.65. The predicted octanol–water partition coefficient (Wildman–Crippen LogP) is 5.23. The first kappa shape index (κ1) is 21.4. The van der Waals surface area contributed by atoms with Crippen LogP contribution in [0.15, 0.2) is 72.8 Å². The molecule has 4 unspecified atom stereocenters. The van der Waals surface area contributed by atoms with Gasteiger partial charge in [0.05, 0.1) is 18.1 Å². The number of esters is 1. The molecule has 4 heteroatoms. The zero-order valence-electron chi connectivity index (χ0n) is 19.3. The van der Waals surface area contributed by atoms with E-state index in [0.717, 1.165) is 19.4 Å². The van der Waals surface area contributed by atoms with Gasteiger partial charge < -0.3 is 9.47 Å². The normalized spacial score (nSPS) is 31.8. The van der Waals surface area contributed by atoms with E-state index in [1.807, 2.05) is 20.8 Å². The summed E-state index contributed by atoms with van der Waals surface area (Å²) >= 11 is 0. The van der Waals surface area contributed by atoms with E-state index in [1.54, 1.807) is 0 Å². The summed E-state index contributed by atoms with van der Waals surface area (Å²) in [5.74, 6) is -0.271. The molecule has 3 aliphatic rings. The van der Waals surface area contributed by atoms with Crippen molar-refractivity contribution in [3.05, 3.63) is 83.9 Å². The molecule has 1 spiro atoms. The van der Waals surface area contributed by atoms with Crippen molar-refractivity contribution in [3.8, 4) is 0 Å². The van der Waals surface area contributed by atoms with E-state index in [-0.39, 0.29) is 17.9 Å². The summed E-state index contributed by atoms with van der Waals surface area (Å²) in [5, 5.41) is 0. The fourth-order valence-electron chi connectivity index (χ4n) is 6.20. The van der Waals surface area contributed by atoms with Crippen molar-refractivity contribution >= 4 is 5.97 Å². The zero-order chi connectivity index (χ0) is 22.4. The average molecular weight is 432 g/mol. The summed E-state index contributed by atoms with van der Waals surface area (Å²) in [6, 6.07) is 21.4. The second kappa shape index (κ2) is 7.86. The van der Waals surface area contributed by atoms with Gasteiger partial charge in [-0.15, -0.1) is 0 Å². The van der Waals surface area contributed by atoms with Crippen LogP contribution in [0, 0.1) is 5.92 Å². The topological polar surface area (TPSA) is 38.8 Å². The van der Waals surface area contributed by atoms with Crippen LogP contribution >= 0.6 is 0 Å². The Morgan fingerprint density at radius 3 is 2.41 bits per heavy atom. The van der Waals surface area contributed by atoms with E-state index in [0.29, 0.717) is 13.0 Å². The number of hydrogen-bond donors (Lipinski definition) is 0. The van der Waals surface area contributed by atoms with Crippen molar-refractivity contribution in [2.75, 3.05) is 6.61 Å². The molecule has 4 atom stereocenters. The average Bonchev–Trinajstić information content (AvgIpc) is 3.32. The molecule has 0 radical (unpaired) electrons. The Morgan fingerprint density at radius 1 is 1.09 bits per heavy atom. The van der Waals surface area contributed by atoms with Crippen LogP contribution < -0.4 is 0 Å². The number of nitrogens with zero attached hydrogens (tertiary/aromatic N) is 1. The molecule has 4 nitrogen and oxygen atoms in total. The molecular weight excluding hydrogens is 398 g/mol. The standard InChI is InChI=1S/C28H33NO3/c1-26(2,3)32-25(30)23-19-28(22-13-8-5-9-14-22)27(16-10-18-31-27)17-15-24(23)29(28)20-21-11-6-4-7-12-21/h4-14,16,23-24H,15,17-20H2,1-3H3. The van der Waals surface area contributed by atoms with Gasteiger partial charge in [-0.05, 0) is 51.2 Å². The lowest BCUT2D eigenvalue weighted by Crippen LogP contribution is -2.62. The summed E-state index contributed by atoms with van der Waals surface area (Å²) in [6.07, 6.45) is 6.94. The first-order chi connectivity index (χ1) is 15.3. The largest absolute Gasteiger partial charge is 0.460 e. The molecule has 2 bridgehead atoms. The van der Waals surface area contributed by atoms with Crippen molar-refractivity contribution in [2.24, 2.45) is 5.92 Å². The van der Waals surface area contributed by atoms with Gasteiger partial charge in [-0.2, -0.15) is 0 Å². The molecule has 3 heterocycles. The van der Waals surface area contributed by atoms with E-state index in [9.17, 15) is 4.79 Å². The van der Waals surface area contributed by atoms with Crippen molar-refractivity contribution in [1.29, 1.82) is 0 Å². The van der Waals surface area contributed by atoms with Crippen molar-refractivity contribution < 1.29 is 14.3 Å². The first-order valence-electron chi connectivity index (χ1n) is 11.8. The fraction of sp³-hybridized carbons (Fsp3) is 0.464. The van der Waals surface area contributed by atoms with Crippen molar-refractivity contribution in [2.45, 2.75) is 69.4 Å². The van der Waals surface area contributed by atoms with Gasteiger partial charge in [0.25, 0.3) is 0 Å². The van der Waals surface area contributed by atoms with Gasteiger partial charge in [-0.1, -0.05) is 72.8 Å². The molecule has 0 aromatic heterocycles. The molecule has 0 N–H and O–H groups in total. The Kier molecular flexibility index (Phi) is 5.26. The molecule has 3 aliphatic heterocycles. The summed E-state index contributed by atoms with van der Waals surface area (Å²) in [7, 11) is 0. The number of carbonyl (C=O) groups is 1. The van der Waals surface area contributed by atoms with Gasteiger partial charge >= 0.3 is 5.97 Å². The second-order valence-corrected chi connectivity index (χ2v) is 10.4. The van der Waals surface area contributed by atoms with Gasteiger partial charge in [0.2, 0.25) is 0 Å². The Bertz CT molecular complexity index is 996. The van der Waals surface area contributed by atoms with Crippen LogP contribution in [0.25, 0.3) is 0 Å². The predicted molar refractivity (Wildman–Crippen MR) is 125 cm³/mol. The van der Waals surface area contributed by atoms with Crippen LogP contribution in [0.5, 0.6) is 0 Å². The molecule has 0 saturated carbocycles. The number of rotatable bonds is 4. The smallest absolute Gasteiger partial charge is 0.311 e. The fourth-order valence-corrected chi connectivity index (χ4v) is 6.20. The number of hydrogen-bond acceptors (Lipinski definition) is 4. The van der Waals surface area contributed by atoms with Crippen LogP contribution in [-0.2, 0) is 26.4 Å². The summed E-state index contributed by atoms with van der Waals surface area (Å²) in [4.78, 5) is 16.0. The van der Waals surface area contributed by atoms with E-state index in [2.05, 4.69) is 77.7 Å². The van der Waals surface area contributed by atoms with Crippen LogP contribution in [0.4, 0.5) is 0 Å². The molecule has 2 aromatic rings. The molecule has 2 aromatic carbocycles. The van der Waals surface area contributed by atoms with Gasteiger partial charge in [-0.25, -0.2) is 0 Å². The van der Waals surface area contributed by atoms with E-state index < -0.39 is 16.7 Å². The summed E-state index contributed by atoms with van der Waals surface area (Å²) in [5.41, 5.74) is 1.12. The van der Waals surface area contributed by atoms with E-state index in [1.165, 1.54) is 11.1 Å². The lowest BCUT2D eigenvalue weighted by Gasteiger charge is -2.55. The van der Waals surface area contributed by atoms with Gasteiger partial charge in [0.1, 0.15) is 11.2 Å². The lowest BCUT2D eigenvalue weighted by molar-refractivity contribution is -0.161. The van der Waals surface area contributed by atoms with Crippen LogP contribution in [0.1, 0.15) is 51.2 Å².